The predicted molar refractivity (Wildman–Crippen MR) is 146 cm³/mol. The SMILES string of the molecule is C[C@H](NC(=O)c1cc(F)c(F)c(F)c1)C(=O)N(C)[C@@H](CC(C)(C)C)C(=O)N1C[C@]2(C[C@H]1C#N)C(=O)Nc1ccccc12. The van der Waals surface area contributed by atoms with Gasteiger partial charge in [0.05, 0.1) is 11.5 Å². The van der Waals surface area contributed by atoms with Crippen molar-refractivity contribution in [2.45, 2.75) is 64.1 Å². The van der Waals surface area contributed by atoms with Crippen molar-refractivity contribution in [3.63, 3.8) is 0 Å². The summed E-state index contributed by atoms with van der Waals surface area (Å²) in [5.41, 5.74) is -0.764. The molecule has 0 unspecified atom stereocenters. The van der Waals surface area contributed by atoms with Crippen molar-refractivity contribution in [1.29, 1.82) is 5.26 Å². The number of fused-ring (bicyclic) bond motifs is 2. The first-order chi connectivity index (χ1) is 19.6. The van der Waals surface area contributed by atoms with Crippen molar-refractivity contribution >= 4 is 29.3 Å². The highest BCUT2D eigenvalue weighted by molar-refractivity contribution is 6.07. The maximum atomic E-state index is 14.1. The number of carbonyl (C=O) groups excluding carboxylic acids is 4. The molecule has 2 aliphatic rings. The van der Waals surface area contributed by atoms with Gasteiger partial charge in [0, 0.05) is 31.3 Å². The molecule has 2 aromatic rings. The Bertz CT molecular complexity index is 1480. The normalized spacial score (nSPS) is 20.9. The first-order valence-corrected chi connectivity index (χ1v) is 13.4. The lowest BCUT2D eigenvalue weighted by Crippen LogP contribution is -2.56. The number of benzene rings is 2. The lowest BCUT2D eigenvalue weighted by molar-refractivity contribution is -0.146. The molecule has 0 saturated carbocycles. The van der Waals surface area contributed by atoms with Crippen molar-refractivity contribution < 1.29 is 32.3 Å². The Morgan fingerprint density at radius 2 is 1.81 bits per heavy atom. The Kier molecular flexibility index (Phi) is 8.09. The van der Waals surface area contributed by atoms with E-state index in [4.69, 9.17) is 0 Å². The molecule has 4 atom stereocenters. The van der Waals surface area contributed by atoms with E-state index in [1.807, 2.05) is 20.8 Å². The van der Waals surface area contributed by atoms with Crippen molar-refractivity contribution in [1.82, 2.24) is 15.1 Å². The number of nitriles is 1. The number of nitrogens with zero attached hydrogens (tertiary/aromatic N) is 3. The number of carbonyl (C=O) groups is 4. The number of nitrogens with one attached hydrogen (secondary N) is 2. The smallest absolute Gasteiger partial charge is 0.252 e. The minimum Gasteiger partial charge on any atom is -0.341 e. The molecule has 9 nitrogen and oxygen atoms in total. The van der Waals surface area contributed by atoms with Crippen LogP contribution in [0, 0.1) is 34.2 Å². The van der Waals surface area contributed by atoms with E-state index in [0.29, 0.717) is 23.4 Å². The zero-order valence-electron chi connectivity index (χ0n) is 23.9. The summed E-state index contributed by atoms with van der Waals surface area (Å²) in [5.74, 6) is -7.36. The molecule has 4 rings (SSSR count). The summed E-state index contributed by atoms with van der Waals surface area (Å²) in [6, 6.07) is 7.05. The van der Waals surface area contributed by atoms with Crippen LogP contribution in [0.2, 0.25) is 0 Å². The molecule has 2 aromatic carbocycles. The third kappa shape index (κ3) is 5.55. The van der Waals surface area contributed by atoms with Crippen molar-refractivity contribution in [2.75, 3.05) is 18.9 Å². The number of hydrogen-bond acceptors (Lipinski definition) is 5. The first-order valence-electron chi connectivity index (χ1n) is 13.4. The van der Waals surface area contributed by atoms with E-state index in [1.54, 1.807) is 24.3 Å². The van der Waals surface area contributed by atoms with E-state index in [2.05, 4.69) is 16.7 Å². The number of anilines is 1. The average molecular weight is 584 g/mol. The summed E-state index contributed by atoms with van der Waals surface area (Å²) >= 11 is 0. The minimum absolute atomic E-state index is 0.0520. The van der Waals surface area contributed by atoms with Crippen LogP contribution in [0.4, 0.5) is 18.9 Å². The van der Waals surface area contributed by atoms with E-state index in [1.165, 1.54) is 23.8 Å². The van der Waals surface area contributed by atoms with Gasteiger partial charge in [-0.1, -0.05) is 39.0 Å². The van der Waals surface area contributed by atoms with Crippen LogP contribution in [-0.4, -0.2) is 65.1 Å². The standard InChI is InChI=1S/C30H32F3N5O4/c1-16(35-25(39)17-10-20(31)24(33)21(32)11-17)26(40)37(5)23(13-29(2,3)4)27(41)38-15-30(12-18(38)14-34)19-8-6-7-9-22(19)36-28(30)42/h6-11,16,18,23H,12-13,15H2,1-5H3,(H,35,39)(H,36,42)/t16-,18-,23-,30-/m0/s1. The lowest BCUT2D eigenvalue weighted by Gasteiger charge is -2.36. The molecule has 42 heavy (non-hydrogen) atoms. The van der Waals surface area contributed by atoms with Gasteiger partial charge in [0.1, 0.15) is 18.1 Å². The zero-order chi connectivity index (χ0) is 31.1. The maximum absolute atomic E-state index is 14.1. The number of likely N-dealkylation sites (tertiary alicyclic amines) is 1. The lowest BCUT2D eigenvalue weighted by atomic mass is 9.80. The predicted octanol–water partition coefficient (Wildman–Crippen LogP) is 3.50. The number of hydrogen-bond donors (Lipinski definition) is 2. The molecule has 0 aromatic heterocycles. The second-order valence-corrected chi connectivity index (χ2v) is 12.1. The van der Waals surface area contributed by atoms with Crippen molar-refractivity contribution in [2.24, 2.45) is 5.41 Å². The Morgan fingerprint density at radius 1 is 1.19 bits per heavy atom. The van der Waals surface area contributed by atoms with Crippen molar-refractivity contribution in [3.05, 3.63) is 65.0 Å². The second kappa shape index (κ2) is 11.1. The van der Waals surface area contributed by atoms with Crippen molar-refractivity contribution in [3.8, 4) is 6.07 Å². The second-order valence-electron chi connectivity index (χ2n) is 12.1. The molecule has 222 valence electrons. The largest absolute Gasteiger partial charge is 0.341 e. The van der Waals surface area contributed by atoms with Crippen LogP contribution in [-0.2, 0) is 19.8 Å². The highest BCUT2D eigenvalue weighted by Gasteiger charge is 2.57. The molecule has 12 heteroatoms. The van der Waals surface area contributed by atoms with Crippen LogP contribution in [0.1, 0.15) is 56.5 Å². The molecule has 0 bridgehead atoms. The molecule has 2 heterocycles. The van der Waals surface area contributed by atoms with Gasteiger partial charge in [0.2, 0.25) is 17.7 Å². The van der Waals surface area contributed by atoms with Gasteiger partial charge in [-0.15, -0.1) is 0 Å². The monoisotopic (exact) mass is 583 g/mol. The van der Waals surface area contributed by atoms with Gasteiger partial charge in [-0.2, -0.15) is 5.26 Å². The molecular formula is C30H32F3N5O4. The number of para-hydroxylation sites is 1. The van der Waals surface area contributed by atoms with E-state index < -0.39 is 69.7 Å². The number of halogens is 3. The van der Waals surface area contributed by atoms with Gasteiger partial charge in [-0.05, 0) is 42.5 Å². The van der Waals surface area contributed by atoms with E-state index in [0.717, 1.165) is 0 Å². The fraction of sp³-hybridized carbons (Fsp3) is 0.433. The average Bonchev–Trinajstić information content (AvgIpc) is 3.46. The quantitative estimate of drug-likeness (QED) is 0.504. The van der Waals surface area contributed by atoms with Gasteiger partial charge in [0.15, 0.2) is 17.5 Å². The molecule has 1 fully saturated rings. The van der Waals surface area contributed by atoms with E-state index in [-0.39, 0.29) is 25.3 Å². The first kappa shape index (κ1) is 30.6. The molecule has 2 N–H and O–H groups in total. The summed E-state index contributed by atoms with van der Waals surface area (Å²) in [7, 11) is 1.39. The fourth-order valence-corrected chi connectivity index (χ4v) is 5.63. The summed E-state index contributed by atoms with van der Waals surface area (Å²) in [6.07, 6.45) is 0.281. The van der Waals surface area contributed by atoms with Gasteiger partial charge < -0.3 is 20.4 Å². The topological polar surface area (TPSA) is 123 Å². The van der Waals surface area contributed by atoms with Crippen LogP contribution in [0.25, 0.3) is 0 Å². The highest BCUT2D eigenvalue weighted by Crippen LogP contribution is 2.46. The minimum atomic E-state index is -1.73. The molecule has 0 radical (unpaired) electrons. The zero-order valence-corrected chi connectivity index (χ0v) is 23.9. The highest BCUT2D eigenvalue weighted by atomic mass is 19.2. The van der Waals surface area contributed by atoms with Crippen LogP contribution in [0.15, 0.2) is 36.4 Å². The maximum Gasteiger partial charge on any atom is 0.252 e. The third-order valence-corrected chi connectivity index (χ3v) is 7.79. The third-order valence-electron chi connectivity index (χ3n) is 7.79. The Hall–Kier alpha value is -4.40. The van der Waals surface area contributed by atoms with E-state index >= 15 is 0 Å². The molecule has 1 saturated heterocycles. The molecule has 2 aliphatic heterocycles. The van der Waals surface area contributed by atoms with Gasteiger partial charge in [-0.25, -0.2) is 13.2 Å². The number of likely N-dealkylation sites (N-methyl/N-ethyl adjacent to an activating group) is 1. The Morgan fingerprint density at radius 3 is 2.40 bits per heavy atom. The van der Waals surface area contributed by atoms with Crippen LogP contribution in [0.3, 0.4) is 0 Å². The van der Waals surface area contributed by atoms with Crippen LogP contribution >= 0.6 is 0 Å². The van der Waals surface area contributed by atoms with Crippen LogP contribution in [0.5, 0.6) is 0 Å². The number of amides is 4. The Balaban J connectivity index is 1.58. The summed E-state index contributed by atoms with van der Waals surface area (Å²) in [4.78, 5) is 55.9. The van der Waals surface area contributed by atoms with E-state index in [9.17, 15) is 37.6 Å². The summed E-state index contributed by atoms with van der Waals surface area (Å²) < 4.78 is 40.6. The number of rotatable bonds is 6. The molecule has 4 amide bonds. The summed E-state index contributed by atoms with van der Waals surface area (Å²) in [6.45, 7) is 6.92. The molecule has 1 spiro atoms. The summed E-state index contributed by atoms with van der Waals surface area (Å²) in [5, 5.41) is 15.2. The molecular weight excluding hydrogens is 551 g/mol. The fourth-order valence-electron chi connectivity index (χ4n) is 5.63. The molecule has 0 aliphatic carbocycles. The van der Waals surface area contributed by atoms with Crippen LogP contribution < -0.4 is 10.6 Å². The Labute approximate surface area is 241 Å². The van der Waals surface area contributed by atoms with Gasteiger partial charge >= 0.3 is 0 Å². The van der Waals surface area contributed by atoms with Gasteiger partial charge in [-0.3, -0.25) is 19.2 Å². The van der Waals surface area contributed by atoms with Gasteiger partial charge in [0.25, 0.3) is 5.91 Å².